The van der Waals surface area contributed by atoms with Gasteiger partial charge >= 0.3 is 6.03 Å². The molecule has 3 rings (SSSR count). The van der Waals surface area contributed by atoms with Crippen LogP contribution in [0.15, 0.2) is 30.6 Å². The molecule has 1 aliphatic rings. The Hall–Kier alpha value is -2.37. The van der Waals surface area contributed by atoms with Crippen molar-refractivity contribution in [2.24, 2.45) is 7.05 Å². The molecule has 6 heteroatoms. The van der Waals surface area contributed by atoms with E-state index in [0.717, 1.165) is 43.6 Å². The average Bonchev–Trinajstić information content (AvgIpc) is 3.05. The minimum atomic E-state index is -0.0235. The number of likely N-dealkylation sites (tertiary alicyclic amines) is 1. The normalized spacial score (nSPS) is 17.8. The number of nitrogens with one attached hydrogen (secondary N) is 1. The van der Waals surface area contributed by atoms with Crippen molar-refractivity contribution in [1.29, 1.82) is 0 Å². The summed E-state index contributed by atoms with van der Waals surface area (Å²) in [5, 5.41) is 7.27. The fourth-order valence-corrected chi connectivity index (χ4v) is 3.31. The van der Waals surface area contributed by atoms with Crippen LogP contribution in [0, 0.1) is 0 Å². The van der Waals surface area contributed by atoms with Gasteiger partial charge in [0.25, 0.3) is 0 Å². The largest absolute Gasteiger partial charge is 0.332 e. The van der Waals surface area contributed by atoms with E-state index in [4.69, 9.17) is 0 Å². The highest BCUT2D eigenvalue weighted by Crippen LogP contribution is 2.30. The Morgan fingerprint density at radius 1 is 1.33 bits per heavy atom. The van der Waals surface area contributed by atoms with Crippen molar-refractivity contribution < 1.29 is 4.79 Å². The van der Waals surface area contributed by atoms with Crippen LogP contribution < -0.4 is 5.32 Å². The van der Waals surface area contributed by atoms with Crippen molar-refractivity contribution in [3.05, 3.63) is 47.5 Å². The molecule has 1 saturated heterocycles. The van der Waals surface area contributed by atoms with Crippen molar-refractivity contribution in [2.75, 3.05) is 6.54 Å². The van der Waals surface area contributed by atoms with Gasteiger partial charge in [0, 0.05) is 26.0 Å². The van der Waals surface area contributed by atoms with Gasteiger partial charge in [-0.05, 0) is 49.4 Å². The lowest BCUT2D eigenvalue weighted by atomic mass is 10.00. The third kappa shape index (κ3) is 3.58. The van der Waals surface area contributed by atoms with E-state index < -0.39 is 0 Å². The smallest absolute Gasteiger partial charge is 0.318 e. The summed E-state index contributed by atoms with van der Waals surface area (Å²) in [6, 6.07) is 6.14. The molecule has 0 radical (unpaired) electrons. The number of nitrogens with zero attached hydrogens (tertiary/aromatic N) is 4. The molecule has 2 amide bonds. The molecule has 0 spiro atoms. The number of pyridine rings is 1. The number of hydrogen-bond donors (Lipinski definition) is 1. The number of carbonyl (C=O) groups is 1. The topological polar surface area (TPSA) is 63.1 Å². The van der Waals surface area contributed by atoms with Crippen LogP contribution in [-0.4, -0.2) is 32.2 Å². The number of aryl methyl sites for hydroxylation is 2. The molecule has 0 aliphatic carbocycles. The number of piperidine rings is 1. The van der Waals surface area contributed by atoms with Crippen LogP contribution in [0.1, 0.15) is 49.2 Å². The molecule has 1 aliphatic heterocycles. The lowest BCUT2D eigenvalue weighted by molar-refractivity contribution is 0.147. The van der Waals surface area contributed by atoms with Crippen molar-refractivity contribution in [3.8, 4) is 0 Å². The van der Waals surface area contributed by atoms with Crippen LogP contribution in [-0.2, 0) is 20.0 Å². The van der Waals surface area contributed by atoms with Gasteiger partial charge in [-0.15, -0.1) is 0 Å². The van der Waals surface area contributed by atoms with Gasteiger partial charge in [-0.2, -0.15) is 5.10 Å². The van der Waals surface area contributed by atoms with E-state index in [1.165, 1.54) is 5.56 Å². The summed E-state index contributed by atoms with van der Waals surface area (Å²) in [4.78, 5) is 19.0. The second kappa shape index (κ2) is 7.47. The standard InChI is InChI=1S/C18H25N5O/c1-3-14-7-9-19-15(12-14)13-20-18(24)23-11-5-4-6-17(23)16-8-10-21-22(16)2/h7-10,12,17H,3-6,11,13H2,1-2H3,(H,20,24)/t17-/m1/s1. The van der Waals surface area contributed by atoms with Crippen molar-refractivity contribution in [1.82, 2.24) is 25.0 Å². The molecule has 128 valence electrons. The summed E-state index contributed by atoms with van der Waals surface area (Å²) in [7, 11) is 1.93. The molecule has 2 aromatic rings. The molecule has 6 nitrogen and oxygen atoms in total. The third-order valence-corrected chi connectivity index (χ3v) is 4.67. The fourth-order valence-electron chi connectivity index (χ4n) is 3.31. The second-order valence-electron chi connectivity index (χ2n) is 6.25. The number of amides is 2. The molecule has 0 bridgehead atoms. The predicted octanol–water partition coefficient (Wildman–Crippen LogP) is 2.81. The van der Waals surface area contributed by atoms with E-state index in [1.807, 2.05) is 28.8 Å². The van der Waals surface area contributed by atoms with Gasteiger partial charge in [0.1, 0.15) is 0 Å². The van der Waals surface area contributed by atoms with Crippen LogP contribution in [0.25, 0.3) is 0 Å². The van der Waals surface area contributed by atoms with Crippen molar-refractivity contribution in [3.63, 3.8) is 0 Å². The monoisotopic (exact) mass is 327 g/mol. The summed E-state index contributed by atoms with van der Waals surface area (Å²) in [6.45, 7) is 3.36. The van der Waals surface area contributed by atoms with Crippen molar-refractivity contribution >= 4 is 6.03 Å². The number of rotatable bonds is 4. The van der Waals surface area contributed by atoms with Gasteiger partial charge in [0.2, 0.25) is 0 Å². The lowest BCUT2D eigenvalue weighted by Crippen LogP contribution is -2.45. The van der Waals surface area contributed by atoms with Gasteiger partial charge in [-0.1, -0.05) is 6.92 Å². The summed E-state index contributed by atoms with van der Waals surface area (Å²) in [5.41, 5.74) is 3.23. The Kier molecular flexibility index (Phi) is 5.13. The summed E-state index contributed by atoms with van der Waals surface area (Å²) < 4.78 is 1.86. The summed E-state index contributed by atoms with van der Waals surface area (Å²) >= 11 is 0. The Balaban J connectivity index is 1.67. The second-order valence-corrected chi connectivity index (χ2v) is 6.25. The lowest BCUT2D eigenvalue weighted by Gasteiger charge is -2.35. The van der Waals surface area contributed by atoms with Crippen LogP contribution in [0.4, 0.5) is 4.79 Å². The molecule has 1 atom stereocenters. The maximum absolute atomic E-state index is 12.7. The van der Waals surface area contributed by atoms with Gasteiger partial charge in [0.15, 0.2) is 0 Å². The first kappa shape index (κ1) is 16.5. The van der Waals surface area contributed by atoms with E-state index in [1.54, 1.807) is 12.4 Å². The van der Waals surface area contributed by atoms with Gasteiger partial charge in [-0.25, -0.2) is 4.79 Å². The molecular formula is C18H25N5O. The van der Waals surface area contributed by atoms with Gasteiger partial charge in [0.05, 0.1) is 24.0 Å². The molecule has 0 saturated carbocycles. The summed E-state index contributed by atoms with van der Waals surface area (Å²) in [5.74, 6) is 0. The fraction of sp³-hybridized carbons (Fsp3) is 0.500. The molecule has 24 heavy (non-hydrogen) atoms. The average molecular weight is 327 g/mol. The van der Waals surface area contributed by atoms with Crippen LogP contribution in [0.3, 0.4) is 0 Å². The zero-order valence-corrected chi connectivity index (χ0v) is 14.4. The first-order valence-corrected chi connectivity index (χ1v) is 8.65. The van der Waals surface area contributed by atoms with Gasteiger partial charge < -0.3 is 10.2 Å². The van der Waals surface area contributed by atoms with Crippen LogP contribution in [0.5, 0.6) is 0 Å². The highest BCUT2D eigenvalue weighted by atomic mass is 16.2. The number of hydrogen-bond acceptors (Lipinski definition) is 3. The first-order valence-electron chi connectivity index (χ1n) is 8.65. The first-order chi connectivity index (χ1) is 11.7. The highest BCUT2D eigenvalue weighted by molar-refractivity contribution is 5.74. The summed E-state index contributed by atoms with van der Waals surface area (Å²) in [6.07, 6.45) is 7.74. The quantitative estimate of drug-likeness (QED) is 0.939. The van der Waals surface area contributed by atoms with E-state index >= 15 is 0 Å². The maximum atomic E-state index is 12.7. The zero-order valence-electron chi connectivity index (χ0n) is 14.4. The molecule has 1 fully saturated rings. The molecule has 0 aromatic carbocycles. The number of urea groups is 1. The van der Waals surface area contributed by atoms with E-state index in [2.05, 4.69) is 28.4 Å². The third-order valence-electron chi connectivity index (χ3n) is 4.67. The predicted molar refractivity (Wildman–Crippen MR) is 92.4 cm³/mol. The van der Waals surface area contributed by atoms with Gasteiger partial charge in [-0.3, -0.25) is 9.67 Å². The molecule has 1 N–H and O–H groups in total. The molecule has 3 heterocycles. The number of carbonyl (C=O) groups excluding carboxylic acids is 1. The highest BCUT2D eigenvalue weighted by Gasteiger charge is 2.29. The minimum Gasteiger partial charge on any atom is -0.332 e. The number of aromatic nitrogens is 3. The zero-order chi connectivity index (χ0) is 16.9. The molecular weight excluding hydrogens is 302 g/mol. The molecule has 2 aromatic heterocycles. The van der Waals surface area contributed by atoms with E-state index in [9.17, 15) is 4.79 Å². The van der Waals surface area contributed by atoms with E-state index in [0.29, 0.717) is 6.54 Å². The Labute approximate surface area is 142 Å². The minimum absolute atomic E-state index is 0.0235. The Morgan fingerprint density at radius 3 is 2.96 bits per heavy atom. The van der Waals surface area contributed by atoms with Crippen LogP contribution >= 0.6 is 0 Å². The Bertz CT molecular complexity index is 696. The Morgan fingerprint density at radius 2 is 2.21 bits per heavy atom. The SMILES string of the molecule is CCc1ccnc(CNC(=O)N2CCCC[C@@H]2c2ccnn2C)c1. The van der Waals surface area contributed by atoms with Crippen LogP contribution in [0.2, 0.25) is 0 Å². The molecule has 0 unspecified atom stereocenters. The van der Waals surface area contributed by atoms with E-state index in [-0.39, 0.29) is 12.1 Å². The van der Waals surface area contributed by atoms with Crippen molar-refractivity contribution in [2.45, 2.75) is 45.2 Å². The maximum Gasteiger partial charge on any atom is 0.318 e.